The number of hydrogen-bond donors (Lipinski definition) is 1. The highest BCUT2D eigenvalue weighted by Gasteiger charge is 2.63. The molecule has 1 rings (SSSR count). The molecule has 0 amide bonds. The van der Waals surface area contributed by atoms with Crippen molar-refractivity contribution in [2.75, 3.05) is 12.8 Å². The van der Waals surface area contributed by atoms with Crippen LogP contribution in [0.15, 0.2) is 0 Å². The van der Waals surface area contributed by atoms with E-state index in [4.69, 9.17) is 0 Å². The lowest BCUT2D eigenvalue weighted by Crippen LogP contribution is -2.37. The minimum absolute atomic E-state index is 0.0129. The van der Waals surface area contributed by atoms with Gasteiger partial charge in [-0.3, -0.25) is 0 Å². The van der Waals surface area contributed by atoms with E-state index in [0.29, 0.717) is 0 Å². The molecule has 13 heavy (non-hydrogen) atoms. The number of halogens is 3. The zero-order valence-electron chi connectivity index (χ0n) is 6.98. The molecule has 0 spiro atoms. The highest BCUT2D eigenvalue weighted by Crippen LogP contribution is 2.57. The zero-order chi connectivity index (χ0) is 10.3. The second-order valence-corrected chi connectivity index (χ2v) is 5.20. The van der Waals surface area contributed by atoms with Gasteiger partial charge in [-0.25, -0.2) is 13.1 Å². The van der Waals surface area contributed by atoms with Crippen molar-refractivity contribution >= 4 is 10.0 Å². The third-order valence-corrected chi connectivity index (χ3v) is 2.80. The Morgan fingerprint density at radius 3 is 2.08 bits per heavy atom. The van der Waals surface area contributed by atoms with Gasteiger partial charge in [0.05, 0.1) is 11.7 Å². The summed E-state index contributed by atoms with van der Waals surface area (Å²) in [6, 6.07) is 0. The smallest absolute Gasteiger partial charge is 0.215 e. The molecular formula is C6H10F3NO2S. The Morgan fingerprint density at radius 1 is 1.38 bits per heavy atom. The van der Waals surface area contributed by atoms with E-state index < -0.39 is 28.2 Å². The summed E-state index contributed by atoms with van der Waals surface area (Å²) in [5, 5.41) is 0. The van der Waals surface area contributed by atoms with Crippen LogP contribution >= 0.6 is 0 Å². The topological polar surface area (TPSA) is 46.2 Å². The summed E-state index contributed by atoms with van der Waals surface area (Å²) in [7, 11) is -3.53. The molecular weight excluding hydrogens is 207 g/mol. The maximum Gasteiger partial charge on any atom is 0.395 e. The van der Waals surface area contributed by atoms with Gasteiger partial charge in [-0.1, -0.05) is 0 Å². The standard InChI is InChI=1S/C6H10F3NO2S/c1-13(11,12)10-4-5(2-3-5)6(7,8)9/h10H,2-4H2,1H3. The molecule has 0 radical (unpaired) electrons. The van der Waals surface area contributed by atoms with Crippen LogP contribution in [-0.4, -0.2) is 27.4 Å². The van der Waals surface area contributed by atoms with Crippen LogP contribution in [0.4, 0.5) is 13.2 Å². The molecule has 1 aliphatic rings. The molecule has 1 fully saturated rings. The van der Waals surface area contributed by atoms with Crippen LogP contribution < -0.4 is 4.72 Å². The van der Waals surface area contributed by atoms with E-state index in [2.05, 4.69) is 0 Å². The van der Waals surface area contributed by atoms with Crippen LogP contribution in [0.2, 0.25) is 0 Å². The summed E-state index contributed by atoms with van der Waals surface area (Å²) in [5.74, 6) is 0. The Kier molecular flexibility index (Phi) is 2.36. The van der Waals surface area contributed by atoms with E-state index in [1.807, 2.05) is 4.72 Å². The fourth-order valence-electron chi connectivity index (χ4n) is 0.981. The molecule has 0 atom stereocenters. The largest absolute Gasteiger partial charge is 0.395 e. The van der Waals surface area contributed by atoms with Gasteiger partial charge < -0.3 is 0 Å². The molecule has 0 heterocycles. The Labute approximate surface area is 74.4 Å². The van der Waals surface area contributed by atoms with Crippen LogP contribution in [0.5, 0.6) is 0 Å². The SMILES string of the molecule is CS(=O)(=O)NCC1(C(F)(F)F)CC1. The first kappa shape index (κ1) is 10.8. The maximum atomic E-state index is 12.2. The summed E-state index contributed by atoms with van der Waals surface area (Å²) < 4.78 is 59.7. The summed E-state index contributed by atoms with van der Waals surface area (Å²) in [4.78, 5) is 0. The van der Waals surface area contributed by atoms with Crippen LogP contribution in [0, 0.1) is 5.41 Å². The minimum atomic E-state index is -4.30. The molecule has 0 saturated heterocycles. The molecule has 0 aromatic rings. The molecule has 7 heteroatoms. The molecule has 0 aromatic carbocycles. The van der Waals surface area contributed by atoms with Gasteiger partial charge in [-0.2, -0.15) is 13.2 Å². The average molecular weight is 217 g/mol. The molecule has 0 bridgehead atoms. The summed E-state index contributed by atoms with van der Waals surface area (Å²) in [6.07, 6.45) is -3.43. The number of rotatable bonds is 3. The maximum absolute atomic E-state index is 12.2. The van der Waals surface area contributed by atoms with Crippen molar-refractivity contribution in [3.63, 3.8) is 0 Å². The van der Waals surface area contributed by atoms with Gasteiger partial charge in [-0.05, 0) is 12.8 Å². The van der Waals surface area contributed by atoms with E-state index in [1.54, 1.807) is 0 Å². The summed E-state index contributed by atoms with van der Waals surface area (Å²) in [5.41, 5.74) is -1.80. The quantitative estimate of drug-likeness (QED) is 0.762. The molecule has 1 N–H and O–H groups in total. The normalized spacial score (nSPS) is 21.5. The Balaban J connectivity index is 2.56. The Morgan fingerprint density at radius 2 is 1.85 bits per heavy atom. The van der Waals surface area contributed by atoms with Crippen molar-refractivity contribution in [2.45, 2.75) is 19.0 Å². The van der Waals surface area contributed by atoms with E-state index in [1.165, 1.54) is 0 Å². The average Bonchev–Trinajstić information content (AvgIpc) is 2.58. The van der Waals surface area contributed by atoms with Crippen molar-refractivity contribution in [2.24, 2.45) is 5.41 Å². The number of alkyl halides is 3. The molecule has 0 aromatic heterocycles. The molecule has 1 saturated carbocycles. The lowest BCUT2D eigenvalue weighted by molar-refractivity contribution is -0.184. The van der Waals surface area contributed by atoms with Gasteiger partial charge in [0.2, 0.25) is 10.0 Å². The van der Waals surface area contributed by atoms with Gasteiger partial charge in [-0.15, -0.1) is 0 Å². The van der Waals surface area contributed by atoms with E-state index in [9.17, 15) is 21.6 Å². The first-order valence-corrected chi connectivity index (χ1v) is 5.57. The van der Waals surface area contributed by atoms with Crippen molar-refractivity contribution in [3.05, 3.63) is 0 Å². The minimum Gasteiger partial charge on any atom is -0.215 e. The Hall–Kier alpha value is -0.300. The first-order valence-electron chi connectivity index (χ1n) is 3.68. The van der Waals surface area contributed by atoms with Crippen LogP contribution in [-0.2, 0) is 10.0 Å². The van der Waals surface area contributed by atoms with Crippen molar-refractivity contribution < 1.29 is 21.6 Å². The zero-order valence-corrected chi connectivity index (χ0v) is 7.80. The van der Waals surface area contributed by atoms with Crippen LogP contribution in [0.25, 0.3) is 0 Å². The van der Waals surface area contributed by atoms with Gasteiger partial charge in [0, 0.05) is 6.54 Å². The molecule has 0 aliphatic heterocycles. The lowest BCUT2D eigenvalue weighted by Gasteiger charge is -2.18. The number of sulfonamides is 1. The fraction of sp³-hybridized carbons (Fsp3) is 1.00. The molecule has 0 unspecified atom stereocenters. The van der Waals surface area contributed by atoms with E-state index in [-0.39, 0.29) is 12.8 Å². The summed E-state index contributed by atoms with van der Waals surface area (Å²) >= 11 is 0. The van der Waals surface area contributed by atoms with Crippen LogP contribution in [0.3, 0.4) is 0 Å². The monoisotopic (exact) mass is 217 g/mol. The number of nitrogens with one attached hydrogen (secondary N) is 1. The van der Waals surface area contributed by atoms with E-state index >= 15 is 0 Å². The third-order valence-electron chi connectivity index (χ3n) is 2.13. The predicted octanol–water partition coefficient (Wildman–Crippen LogP) is 0.878. The predicted molar refractivity (Wildman–Crippen MR) is 40.6 cm³/mol. The highest BCUT2D eigenvalue weighted by atomic mass is 32.2. The second kappa shape index (κ2) is 2.84. The molecule has 78 valence electrons. The van der Waals surface area contributed by atoms with Gasteiger partial charge >= 0.3 is 6.18 Å². The highest BCUT2D eigenvalue weighted by molar-refractivity contribution is 7.88. The number of hydrogen-bond acceptors (Lipinski definition) is 2. The van der Waals surface area contributed by atoms with Crippen LogP contribution in [0.1, 0.15) is 12.8 Å². The van der Waals surface area contributed by atoms with Gasteiger partial charge in [0.1, 0.15) is 0 Å². The molecule has 3 nitrogen and oxygen atoms in total. The second-order valence-electron chi connectivity index (χ2n) is 3.37. The van der Waals surface area contributed by atoms with Crippen molar-refractivity contribution in [1.29, 1.82) is 0 Å². The molecule has 1 aliphatic carbocycles. The fourth-order valence-corrected chi connectivity index (χ4v) is 1.52. The van der Waals surface area contributed by atoms with E-state index in [0.717, 1.165) is 6.26 Å². The van der Waals surface area contributed by atoms with Crippen molar-refractivity contribution in [1.82, 2.24) is 4.72 Å². The first-order chi connectivity index (χ1) is 5.66. The third kappa shape index (κ3) is 2.57. The van der Waals surface area contributed by atoms with Crippen molar-refractivity contribution in [3.8, 4) is 0 Å². The van der Waals surface area contributed by atoms with Gasteiger partial charge in [0.15, 0.2) is 0 Å². The Bertz CT molecular complexity index is 291. The lowest BCUT2D eigenvalue weighted by atomic mass is 10.1. The summed E-state index contributed by atoms with van der Waals surface area (Å²) in [6.45, 7) is -0.532. The van der Waals surface area contributed by atoms with Gasteiger partial charge in [0.25, 0.3) is 0 Å².